The molecule has 1 saturated carbocycles. The van der Waals surface area contributed by atoms with Crippen molar-refractivity contribution in [3.63, 3.8) is 0 Å². The quantitative estimate of drug-likeness (QED) is 0.867. The maximum absolute atomic E-state index is 5.85. The summed E-state index contributed by atoms with van der Waals surface area (Å²) >= 11 is 5.85. The third kappa shape index (κ3) is 3.07. The van der Waals surface area contributed by atoms with E-state index in [2.05, 4.69) is 32.3 Å². The zero-order chi connectivity index (χ0) is 13.1. The van der Waals surface area contributed by atoms with Crippen molar-refractivity contribution in [2.75, 3.05) is 5.32 Å². The fourth-order valence-corrected chi connectivity index (χ4v) is 2.72. The molecule has 0 spiro atoms. The maximum atomic E-state index is 5.85. The fraction of sp³-hybridized carbons (Fsp3) is 0.429. The summed E-state index contributed by atoms with van der Waals surface area (Å²) in [5.74, 6) is 0. The highest BCUT2D eigenvalue weighted by Gasteiger charge is 2.17. The second-order valence-corrected chi connectivity index (χ2v) is 5.33. The molecule has 1 aliphatic rings. The zero-order valence-electron chi connectivity index (χ0n) is 10.7. The Hall–Kier alpha value is -1.55. The molecule has 0 atom stereocenters. The minimum absolute atomic E-state index is 0.501. The second kappa shape index (κ2) is 5.61. The molecule has 0 aliphatic heterocycles. The number of hydrogen-bond acceptors (Lipinski definition) is 3. The van der Waals surface area contributed by atoms with E-state index in [1.165, 1.54) is 25.7 Å². The Labute approximate surface area is 117 Å². The second-order valence-electron chi connectivity index (χ2n) is 4.95. The smallest absolute Gasteiger partial charge is 0.131 e. The standard InChI is InChI=1S/C14H17ClN4/c15-14-9-11(5-7-16-14)17-10-12-6-8-19(18-12)13-3-1-2-4-13/h5-9,13H,1-4,10H2,(H,16,17). The molecule has 100 valence electrons. The number of rotatable bonds is 4. The maximum Gasteiger partial charge on any atom is 0.131 e. The highest BCUT2D eigenvalue weighted by atomic mass is 35.5. The summed E-state index contributed by atoms with van der Waals surface area (Å²) < 4.78 is 2.11. The van der Waals surface area contributed by atoms with Gasteiger partial charge >= 0.3 is 0 Å². The van der Waals surface area contributed by atoms with Crippen LogP contribution in [0.25, 0.3) is 0 Å². The van der Waals surface area contributed by atoms with Gasteiger partial charge in [0.25, 0.3) is 0 Å². The van der Waals surface area contributed by atoms with Crippen molar-refractivity contribution in [2.45, 2.75) is 38.3 Å². The van der Waals surface area contributed by atoms with Gasteiger partial charge in [-0.25, -0.2) is 4.98 Å². The Morgan fingerprint density at radius 2 is 2.16 bits per heavy atom. The van der Waals surface area contributed by atoms with Crippen molar-refractivity contribution in [3.05, 3.63) is 41.4 Å². The molecule has 0 amide bonds. The summed E-state index contributed by atoms with van der Waals surface area (Å²) in [5, 5.41) is 8.44. The Balaban J connectivity index is 1.61. The van der Waals surface area contributed by atoms with Crippen LogP contribution in [0.5, 0.6) is 0 Å². The molecule has 3 rings (SSSR count). The summed E-state index contributed by atoms with van der Waals surface area (Å²) in [6.45, 7) is 0.708. The van der Waals surface area contributed by atoms with Crippen molar-refractivity contribution in [2.24, 2.45) is 0 Å². The lowest BCUT2D eigenvalue weighted by molar-refractivity contribution is 0.463. The normalized spacial score (nSPS) is 15.8. The molecule has 0 aromatic carbocycles. The molecule has 0 saturated heterocycles. The van der Waals surface area contributed by atoms with Crippen LogP contribution in [-0.4, -0.2) is 14.8 Å². The van der Waals surface area contributed by atoms with Crippen LogP contribution in [0, 0.1) is 0 Å². The number of halogens is 1. The molecule has 2 heterocycles. The minimum atomic E-state index is 0.501. The molecule has 4 nitrogen and oxygen atoms in total. The summed E-state index contributed by atoms with van der Waals surface area (Å²) in [6.07, 6.45) is 8.96. The lowest BCUT2D eigenvalue weighted by Gasteiger charge is -2.09. The first-order valence-electron chi connectivity index (χ1n) is 6.71. The highest BCUT2D eigenvalue weighted by Crippen LogP contribution is 2.28. The van der Waals surface area contributed by atoms with Gasteiger partial charge in [-0.2, -0.15) is 5.10 Å². The Morgan fingerprint density at radius 3 is 2.95 bits per heavy atom. The first-order chi connectivity index (χ1) is 9.31. The van der Waals surface area contributed by atoms with Gasteiger partial charge in [-0.15, -0.1) is 0 Å². The molecule has 19 heavy (non-hydrogen) atoms. The van der Waals surface area contributed by atoms with Crippen molar-refractivity contribution >= 4 is 17.3 Å². The summed E-state index contributed by atoms with van der Waals surface area (Å²) in [7, 11) is 0. The lowest BCUT2D eigenvalue weighted by atomic mass is 10.3. The van der Waals surface area contributed by atoms with Gasteiger partial charge in [0.05, 0.1) is 18.3 Å². The summed E-state index contributed by atoms with van der Waals surface area (Å²) in [6, 6.07) is 6.40. The number of hydrogen-bond donors (Lipinski definition) is 1. The molecule has 1 N–H and O–H groups in total. The fourth-order valence-electron chi connectivity index (χ4n) is 2.55. The van der Waals surface area contributed by atoms with Gasteiger partial charge in [-0.1, -0.05) is 24.4 Å². The largest absolute Gasteiger partial charge is 0.379 e. The van der Waals surface area contributed by atoms with Crippen LogP contribution in [0.1, 0.15) is 37.4 Å². The Kier molecular flexibility index (Phi) is 3.69. The molecule has 5 heteroatoms. The molecule has 2 aromatic heterocycles. The van der Waals surface area contributed by atoms with Crippen molar-refractivity contribution < 1.29 is 0 Å². The van der Waals surface area contributed by atoms with E-state index in [4.69, 9.17) is 11.6 Å². The summed E-state index contributed by atoms with van der Waals surface area (Å²) in [5.41, 5.74) is 2.02. The average molecular weight is 277 g/mol. The van der Waals surface area contributed by atoms with Crippen LogP contribution >= 0.6 is 11.6 Å². The van der Waals surface area contributed by atoms with E-state index >= 15 is 0 Å². The van der Waals surface area contributed by atoms with Crippen molar-refractivity contribution in [1.82, 2.24) is 14.8 Å². The third-order valence-corrected chi connectivity index (χ3v) is 3.77. The monoisotopic (exact) mass is 276 g/mol. The SMILES string of the molecule is Clc1cc(NCc2ccn(C3CCCC3)n2)ccn1. The number of pyridine rings is 1. The van der Waals surface area contributed by atoms with Gasteiger partial charge in [-0.3, -0.25) is 4.68 Å². The van der Waals surface area contributed by atoms with E-state index in [9.17, 15) is 0 Å². The van der Waals surface area contributed by atoms with E-state index in [1.54, 1.807) is 6.20 Å². The lowest BCUT2D eigenvalue weighted by Crippen LogP contribution is -2.07. The average Bonchev–Trinajstić information content (AvgIpc) is 3.07. The van der Waals surface area contributed by atoms with Crippen molar-refractivity contribution in [1.29, 1.82) is 0 Å². The Bertz CT molecular complexity index is 546. The van der Waals surface area contributed by atoms with Crippen LogP contribution in [0.15, 0.2) is 30.6 Å². The molecule has 0 unspecified atom stereocenters. The zero-order valence-corrected chi connectivity index (χ0v) is 11.5. The third-order valence-electron chi connectivity index (χ3n) is 3.56. The summed E-state index contributed by atoms with van der Waals surface area (Å²) in [4.78, 5) is 3.96. The highest BCUT2D eigenvalue weighted by molar-refractivity contribution is 6.29. The number of anilines is 1. The van der Waals surface area contributed by atoms with Crippen LogP contribution < -0.4 is 5.32 Å². The van der Waals surface area contributed by atoms with Gasteiger partial charge in [0.15, 0.2) is 0 Å². The first-order valence-corrected chi connectivity index (χ1v) is 7.08. The molecular formula is C14H17ClN4. The van der Waals surface area contributed by atoms with E-state index in [-0.39, 0.29) is 0 Å². The molecule has 2 aromatic rings. The predicted molar refractivity (Wildman–Crippen MR) is 76.3 cm³/mol. The Morgan fingerprint density at radius 1 is 1.32 bits per heavy atom. The van der Waals surface area contributed by atoms with Crippen molar-refractivity contribution in [3.8, 4) is 0 Å². The predicted octanol–water partition coefficient (Wildman–Crippen LogP) is 3.66. The van der Waals surface area contributed by atoms with Gasteiger partial charge in [0.1, 0.15) is 5.15 Å². The topological polar surface area (TPSA) is 42.7 Å². The van der Waals surface area contributed by atoms with Crippen LogP contribution in [0.2, 0.25) is 5.15 Å². The van der Waals surface area contributed by atoms with Crippen LogP contribution in [-0.2, 0) is 6.54 Å². The number of nitrogens with one attached hydrogen (secondary N) is 1. The van der Waals surface area contributed by atoms with E-state index in [1.807, 2.05) is 12.1 Å². The molecule has 0 radical (unpaired) electrons. The molecule has 1 aliphatic carbocycles. The molecule has 1 fully saturated rings. The minimum Gasteiger partial charge on any atom is -0.379 e. The molecule has 0 bridgehead atoms. The first kappa shape index (κ1) is 12.5. The van der Waals surface area contributed by atoms with E-state index < -0.39 is 0 Å². The van der Waals surface area contributed by atoms with Gasteiger partial charge in [0.2, 0.25) is 0 Å². The van der Waals surface area contributed by atoms with Crippen LogP contribution in [0.3, 0.4) is 0 Å². The number of aromatic nitrogens is 3. The van der Waals surface area contributed by atoms with Gasteiger partial charge < -0.3 is 5.32 Å². The molecular weight excluding hydrogens is 260 g/mol. The van der Waals surface area contributed by atoms with Gasteiger partial charge in [0, 0.05) is 18.1 Å². The van der Waals surface area contributed by atoms with E-state index in [0.717, 1.165) is 11.4 Å². The van der Waals surface area contributed by atoms with Gasteiger partial charge in [-0.05, 0) is 31.0 Å². The van der Waals surface area contributed by atoms with Crippen LogP contribution in [0.4, 0.5) is 5.69 Å². The number of nitrogens with zero attached hydrogens (tertiary/aromatic N) is 3. The van der Waals surface area contributed by atoms with E-state index in [0.29, 0.717) is 17.7 Å².